The number of amides is 1. The van der Waals surface area contributed by atoms with E-state index in [-0.39, 0.29) is 11.4 Å². The number of benzene rings is 3. The van der Waals surface area contributed by atoms with E-state index in [1.807, 2.05) is 0 Å². The maximum absolute atomic E-state index is 12.1. The van der Waals surface area contributed by atoms with Crippen molar-refractivity contribution in [2.24, 2.45) is 5.92 Å². The standard InChI is InChI=1S/C30H36N2O2/c1-31(34-2)29(33)20-12-13-25-21-23-32(24-22-25)30(26-14-6-3-7-15-26,27-16-8-4-9-17-27)28-18-10-5-11-19-28/h3-11,14-19,25H,12-13,20-24H2,1-2H3. The van der Waals surface area contributed by atoms with Gasteiger partial charge in [-0.2, -0.15) is 0 Å². The minimum atomic E-state index is -0.327. The summed E-state index contributed by atoms with van der Waals surface area (Å²) in [6, 6.07) is 32.8. The molecule has 0 spiro atoms. The van der Waals surface area contributed by atoms with Crippen molar-refractivity contribution in [1.29, 1.82) is 0 Å². The molecule has 0 bridgehead atoms. The predicted molar refractivity (Wildman–Crippen MR) is 137 cm³/mol. The molecule has 3 aromatic carbocycles. The van der Waals surface area contributed by atoms with E-state index in [9.17, 15) is 4.79 Å². The molecule has 1 heterocycles. The van der Waals surface area contributed by atoms with Crippen LogP contribution in [-0.2, 0) is 15.2 Å². The highest BCUT2D eigenvalue weighted by molar-refractivity contribution is 5.74. The molecule has 0 atom stereocenters. The van der Waals surface area contributed by atoms with Crippen molar-refractivity contribution in [3.8, 4) is 0 Å². The van der Waals surface area contributed by atoms with Gasteiger partial charge in [-0.1, -0.05) is 91.0 Å². The van der Waals surface area contributed by atoms with E-state index in [0.717, 1.165) is 38.8 Å². The van der Waals surface area contributed by atoms with E-state index < -0.39 is 0 Å². The zero-order valence-corrected chi connectivity index (χ0v) is 20.4. The summed E-state index contributed by atoms with van der Waals surface area (Å²) in [6.07, 6.45) is 4.84. The first-order valence-corrected chi connectivity index (χ1v) is 12.4. The fraction of sp³-hybridized carbons (Fsp3) is 0.367. The summed E-state index contributed by atoms with van der Waals surface area (Å²) in [5.41, 5.74) is 3.59. The number of rotatable bonds is 9. The van der Waals surface area contributed by atoms with Crippen LogP contribution in [0.4, 0.5) is 0 Å². The van der Waals surface area contributed by atoms with Gasteiger partial charge in [0.25, 0.3) is 0 Å². The van der Waals surface area contributed by atoms with E-state index in [0.29, 0.717) is 12.3 Å². The van der Waals surface area contributed by atoms with E-state index >= 15 is 0 Å². The Morgan fingerprint density at radius 2 is 1.29 bits per heavy atom. The van der Waals surface area contributed by atoms with Crippen molar-refractivity contribution in [2.75, 3.05) is 27.2 Å². The van der Waals surface area contributed by atoms with Crippen molar-refractivity contribution in [1.82, 2.24) is 9.96 Å². The quantitative estimate of drug-likeness (QED) is 0.298. The molecule has 4 rings (SSSR count). The molecule has 0 unspecified atom stereocenters. The molecule has 4 nitrogen and oxygen atoms in total. The van der Waals surface area contributed by atoms with Gasteiger partial charge in [-0.25, -0.2) is 5.06 Å². The Balaban J connectivity index is 1.59. The van der Waals surface area contributed by atoms with Gasteiger partial charge in [0, 0.05) is 13.5 Å². The first-order valence-electron chi connectivity index (χ1n) is 12.4. The van der Waals surface area contributed by atoms with Crippen LogP contribution >= 0.6 is 0 Å². The zero-order chi connectivity index (χ0) is 23.8. The Bertz CT molecular complexity index is 919. The second-order valence-electron chi connectivity index (χ2n) is 9.20. The van der Waals surface area contributed by atoms with Crippen molar-refractivity contribution < 1.29 is 9.63 Å². The number of hydrogen-bond acceptors (Lipinski definition) is 3. The highest BCUT2D eigenvalue weighted by atomic mass is 16.7. The largest absolute Gasteiger partial charge is 0.286 e. The summed E-state index contributed by atoms with van der Waals surface area (Å²) >= 11 is 0. The van der Waals surface area contributed by atoms with Gasteiger partial charge in [0.05, 0.1) is 12.6 Å². The molecule has 1 amide bonds. The molecule has 1 aliphatic rings. The Labute approximate surface area is 204 Å². The van der Waals surface area contributed by atoms with Crippen molar-refractivity contribution in [3.63, 3.8) is 0 Å². The maximum Gasteiger partial charge on any atom is 0.245 e. The lowest BCUT2D eigenvalue weighted by Crippen LogP contribution is -2.51. The SMILES string of the molecule is CON(C)C(=O)CCCC1CCN(C(c2ccccc2)(c2ccccc2)c2ccccc2)CC1. The first kappa shape index (κ1) is 24.2. The molecule has 1 fully saturated rings. The van der Waals surface area contributed by atoms with Crippen LogP contribution in [0.1, 0.15) is 48.8 Å². The average molecular weight is 457 g/mol. The van der Waals surface area contributed by atoms with Gasteiger partial charge in [-0.05, 0) is 61.4 Å². The molecule has 3 aromatic rings. The number of piperidine rings is 1. The summed E-state index contributed by atoms with van der Waals surface area (Å²) in [6.45, 7) is 2.05. The summed E-state index contributed by atoms with van der Waals surface area (Å²) in [7, 11) is 3.21. The summed E-state index contributed by atoms with van der Waals surface area (Å²) < 4.78 is 0. The Morgan fingerprint density at radius 3 is 1.71 bits per heavy atom. The topological polar surface area (TPSA) is 32.8 Å². The molecule has 1 saturated heterocycles. The molecule has 34 heavy (non-hydrogen) atoms. The molecule has 0 aromatic heterocycles. The summed E-state index contributed by atoms with van der Waals surface area (Å²) in [5, 5.41) is 1.33. The van der Waals surface area contributed by atoms with Crippen LogP contribution in [0.2, 0.25) is 0 Å². The molecule has 0 aliphatic carbocycles. The van der Waals surface area contributed by atoms with Gasteiger partial charge in [-0.3, -0.25) is 14.5 Å². The molecule has 4 heteroatoms. The van der Waals surface area contributed by atoms with E-state index in [1.165, 1.54) is 28.9 Å². The van der Waals surface area contributed by atoms with E-state index in [2.05, 4.69) is 95.9 Å². The second-order valence-corrected chi connectivity index (χ2v) is 9.20. The minimum absolute atomic E-state index is 0.0520. The third-order valence-electron chi connectivity index (χ3n) is 7.29. The molecular weight excluding hydrogens is 420 g/mol. The molecule has 0 N–H and O–H groups in total. The lowest BCUT2D eigenvalue weighted by atomic mass is 9.74. The monoisotopic (exact) mass is 456 g/mol. The predicted octanol–water partition coefficient (Wildman–Crippen LogP) is 5.88. The maximum atomic E-state index is 12.1. The van der Waals surface area contributed by atoms with Crippen molar-refractivity contribution in [2.45, 2.75) is 37.6 Å². The van der Waals surface area contributed by atoms with Gasteiger partial charge >= 0.3 is 0 Å². The summed E-state index contributed by atoms with van der Waals surface area (Å²) in [5.74, 6) is 0.702. The number of likely N-dealkylation sites (tertiary alicyclic amines) is 1. The smallest absolute Gasteiger partial charge is 0.245 e. The van der Waals surface area contributed by atoms with Gasteiger partial charge < -0.3 is 0 Å². The van der Waals surface area contributed by atoms with E-state index in [1.54, 1.807) is 7.05 Å². The minimum Gasteiger partial charge on any atom is -0.286 e. The second kappa shape index (κ2) is 11.5. The number of carbonyl (C=O) groups is 1. The van der Waals surface area contributed by atoms with Crippen molar-refractivity contribution >= 4 is 5.91 Å². The Hall–Kier alpha value is -2.95. The molecule has 0 radical (unpaired) electrons. The Kier molecular flexibility index (Phi) is 8.15. The first-order chi connectivity index (χ1) is 16.7. The number of nitrogens with zero attached hydrogens (tertiary/aromatic N) is 2. The van der Waals surface area contributed by atoms with Crippen LogP contribution in [0.3, 0.4) is 0 Å². The molecule has 178 valence electrons. The van der Waals surface area contributed by atoms with Crippen LogP contribution in [0.25, 0.3) is 0 Å². The number of carbonyl (C=O) groups excluding carboxylic acids is 1. The summed E-state index contributed by atoms with van der Waals surface area (Å²) in [4.78, 5) is 19.7. The van der Waals surface area contributed by atoms with Crippen LogP contribution < -0.4 is 0 Å². The van der Waals surface area contributed by atoms with Crippen LogP contribution in [0, 0.1) is 5.92 Å². The third-order valence-corrected chi connectivity index (χ3v) is 7.29. The zero-order valence-electron chi connectivity index (χ0n) is 20.4. The van der Waals surface area contributed by atoms with Crippen LogP contribution in [0.5, 0.6) is 0 Å². The fourth-order valence-corrected chi connectivity index (χ4v) is 5.44. The highest BCUT2D eigenvalue weighted by Crippen LogP contribution is 2.44. The molecular formula is C30H36N2O2. The lowest BCUT2D eigenvalue weighted by molar-refractivity contribution is -0.168. The molecule has 0 saturated carbocycles. The fourth-order valence-electron chi connectivity index (χ4n) is 5.44. The lowest BCUT2D eigenvalue weighted by Gasteiger charge is -2.48. The van der Waals surface area contributed by atoms with Crippen LogP contribution in [0.15, 0.2) is 91.0 Å². The number of hydroxylamine groups is 2. The highest BCUT2D eigenvalue weighted by Gasteiger charge is 2.43. The normalized spacial score (nSPS) is 15.2. The Morgan fingerprint density at radius 1 is 0.853 bits per heavy atom. The van der Waals surface area contributed by atoms with Gasteiger partial charge in [0.2, 0.25) is 5.91 Å². The van der Waals surface area contributed by atoms with Gasteiger partial charge in [-0.15, -0.1) is 0 Å². The van der Waals surface area contributed by atoms with Crippen molar-refractivity contribution in [3.05, 3.63) is 108 Å². The molecule has 1 aliphatic heterocycles. The van der Waals surface area contributed by atoms with E-state index in [4.69, 9.17) is 4.84 Å². The number of hydrogen-bond donors (Lipinski definition) is 0. The van der Waals surface area contributed by atoms with Gasteiger partial charge in [0.1, 0.15) is 0 Å². The third kappa shape index (κ3) is 5.08. The van der Waals surface area contributed by atoms with Crippen LogP contribution in [-0.4, -0.2) is 43.1 Å². The average Bonchev–Trinajstić information content (AvgIpc) is 2.91. The van der Waals surface area contributed by atoms with Gasteiger partial charge in [0.15, 0.2) is 0 Å².